The number of likely N-dealkylation sites (tertiary alicyclic amines) is 1. The molecule has 0 aromatic carbocycles. The molecule has 0 spiro atoms. The first-order valence-electron chi connectivity index (χ1n) is 6.83. The number of hydrogen-bond donors (Lipinski definition) is 1. The molecule has 1 aliphatic carbocycles. The first-order chi connectivity index (χ1) is 9.56. The lowest BCUT2D eigenvalue weighted by molar-refractivity contribution is -0.127. The van der Waals surface area contributed by atoms with E-state index < -0.39 is 0 Å². The molecule has 2 heterocycles. The van der Waals surface area contributed by atoms with Crippen LogP contribution in [0.25, 0.3) is 0 Å². The van der Waals surface area contributed by atoms with Crippen LogP contribution in [0.15, 0.2) is 15.5 Å². The highest BCUT2D eigenvalue weighted by Crippen LogP contribution is 2.30. The van der Waals surface area contributed by atoms with Gasteiger partial charge in [0.2, 0.25) is 5.91 Å². The minimum atomic E-state index is -0.267. The van der Waals surface area contributed by atoms with Gasteiger partial charge in [0.25, 0.3) is 5.56 Å². The normalized spacial score (nSPS) is 22.4. The van der Waals surface area contributed by atoms with Crippen LogP contribution in [0.5, 0.6) is 0 Å². The molecule has 1 unspecified atom stereocenters. The van der Waals surface area contributed by atoms with Crippen molar-refractivity contribution in [3.8, 4) is 0 Å². The molecule has 1 aromatic heterocycles. The van der Waals surface area contributed by atoms with Gasteiger partial charge in [-0.05, 0) is 41.1 Å². The van der Waals surface area contributed by atoms with Gasteiger partial charge in [0.15, 0.2) is 0 Å². The van der Waals surface area contributed by atoms with Gasteiger partial charge in [0.05, 0.1) is 11.9 Å². The summed E-state index contributed by atoms with van der Waals surface area (Å²) in [6.07, 6.45) is 4.72. The molecule has 0 bridgehead atoms. The Hall–Kier alpha value is -1.37. The zero-order chi connectivity index (χ0) is 14.3. The van der Waals surface area contributed by atoms with E-state index in [9.17, 15) is 9.59 Å². The summed E-state index contributed by atoms with van der Waals surface area (Å²) in [7, 11) is 1.78. The summed E-state index contributed by atoms with van der Waals surface area (Å²) >= 11 is 3.32. The molecule has 0 radical (unpaired) electrons. The number of carbonyl (C=O) groups is 1. The summed E-state index contributed by atoms with van der Waals surface area (Å²) in [4.78, 5) is 25.7. The van der Waals surface area contributed by atoms with Crippen LogP contribution in [0.2, 0.25) is 0 Å². The Bertz CT molecular complexity index is 597. The summed E-state index contributed by atoms with van der Waals surface area (Å²) < 4.78 is 1.95. The molecule has 1 saturated carbocycles. The molecule has 2 fully saturated rings. The molecule has 1 aromatic rings. The molecule has 7 heteroatoms. The van der Waals surface area contributed by atoms with Crippen molar-refractivity contribution >= 4 is 27.5 Å². The number of halogens is 1. The van der Waals surface area contributed by atoms with Crippen molar-refractivity contribution in [3.63, 3.8) is 0 Å². The molecule has 1 amide bonds. The number of aromatic nitrogens is 2. The third-order valence-electron chi connectivity index (χ3n) is 3.87. The van der Waals surface area contributed by atoms with Crippen LogP contribution in [0.3, 0.4) is 0 Å². The van der Waals surface area contributed by atoms with Gasteiger partial charge in [-0.2, -0.15) is 5.10 Å². The fourth-order valence-corrected chi connectivity index (χ4v) is 2.81. The van der Waals surface area contributed by atoms with Crippen LogP contribution in [0.4, 0.5) is 5.69 Å². The van der Waals surface area contributed by atoms with E-state index >= 15 is 0 Å². The molecule has 1 atom stereocenters. The predicted octanol–water partition coefficient (Wildman–Crippen LogP) is 1.06. The molecule has 3 rings (SSSR count). The number of anilines is 1. The first-order valence-corrected chi connectivity index (χ1v) is 7.62. The van der Waals surface area contributed by atoms with Crippen molar-refractivity contribution in [1.29, 1.82) is 0 Å². The standard InChI is InChI=1S/C13H17BrN4O2/c1-17-5-4-9(12(17)19)16-10-6-15-18(7-8-2-3-8)13(20)11(10)14/h6,8-9,16H,2-5,7H2,1H3. The second kappa shape index (κ2) is 5.20. The molecule has 20 heavy (non-hydrogen) atoms. The highest BCUT2D eigenvalue weighted by atomic mass is 79.9. The molecular weight excluding hydrogens is 324 g/mol. The Morgan fingerprint density at radius 3 is 2.75 bits per heavy atom. The van der Waals surface area contributed by atoms with E-state index in [4.69, 9.17) is 0 Å². The van der Waals surface area contributed by atoms with Crippen molar-refractivity contribution in [1.82, 2.24) is 14.7 Å². The fourth-order valence-electron chi connectivity index (χ4n) is 2.38. The fraction of sp³-hybridized carbons (Fsp3) is 0.615. The first kappa shape index (κ1) is 13.6. The lowest BCUT2D eigenvalue weighted by atomic mass is 10.2. The van der Waals surface area contributed by atoms with E-state index in [1.807, 2.05) is 0 Å². The van der Waals surface area contributed by atoms with Crippen LogP contribution in [-0.4, -0.2) is 40.2 Å². The number of nitrogens with zero attached hydrogens (tertiary/aromatic N) is 3. The highest BCUT2D eigenvalue weighted by Gasteiger charge is 2.30. The lowest BCUT2D eigenvalue weighted by Gasteiger charge is -2.15. The van der Waals surface area contributed by atoms with Gasteiger partial charge in [-0.15, -0.1) is 0 Å². The molecule has 1 aliphatic heterocycles. The summed E-state index contributed by atoms with van der Waals surface area (Å²) in [5, 5.41) is 7.30. The van der Waals surface area contributed by atoms with Crippen LogP contribution < -0.4 is 10.9 Å². The van der Waals surface area contributed by atoms with Gasteiger partial charge in [0, 0.05) is 20.1 Å². The van der Waals surface area contributed by atoms with Crippen molar-refractivity contribution in [2.75, 3.05) is 18.9 Å². The smallest absolute Gasteiger partial charge is 0.283 e. The maximum absolute atomic E-state index is 12.2. The molecule has 6 nitrogen and oxygen atoms in total. The number of carbonyl (C=O) groups excluding carboxylic acids is 1. The monoisotopic (exact) mass is 340 g/mol. The second-order valence-corrected chi connectivity index (χ2v) is 6.34. The van der Waals surface area contributed by atoms with Gasteiger partial charge in [0.1, 0.15) is 10.5 Å². The SMILES string of the molecule is CN1CCC(Nc2cnn(CC3CC3)c(=O)c2Br)C1=O. The molecule has 2 aliphatic rings. The minimum absolute atomic E-state index is 0.0547. The van der Waals surface area contributed by atoms with E-state index in [0.717, 1.165) is 13.0 Å². The maximum Gasteiger partial charge on any atom is 0.283 e. The van der Waals surface area contributed by atoms with Gasteiger partial charge in [-0.1, -0.05) is 0 Å². The lowest BCUT2D eigenvalue weighted by Crippen LogP contribution is -2.32. The zero-order valence-corrected chi connectivity index (χ0v) is 12.9. The van der Waals surface area contributed by atoms with E-state index in [0.29, 0.717) is 22.6 Å². The Kier molecular flexibility index (Phi) is 3.54. The Morgan fingerprint density at radius 2 is 2.15 bits per heavy atom. The molecule has 1 saturated heterocycles. The van der Waals surface area contributed by atoms with Crippen LogP contribution in [0, 0.1) is 5.92 Å². The molecule has 108 valence electrons. The van der Waals surface area contributed by atoms with Crippen LogP contribution in [-0.2, 0) is 11.3 Å². The minimum Gasteiger partial charge on any atom is -0.371 e. The van der Waals surface area contributed by atoms with Crippen molar-refractivity contribution in [3.05, 3.63) is 21.0 Å². The number of nitrogens with one attached hydrogen (secondary N) is 1. The number of likely N-dealkylation sites (N-methyl/N-ethyl adjacent to an activating group) is 1. The van der Waals surface area contributed by atoms with Gasteiger partial charge < -0.3 is 10.2 Å². The van der Waals surface area contributed by atoms with Crippen molar-refractivity contribution in [2.24, 2.45) is 5.92 Å². The van der Waals surface area contributed by atoms with Gasteiger partial charge in [-0.25, -0.2) is 4.68 Å². The predicted molar refractivity (Wildman–Crippen MR) is 78.6 cm³/mol. The van der Waals surface area contributed by atoms with Gasteiger partial charge in [-0.3, -0.25) is 9.59 Å². The van der Waals surface area contributed by atoms with E-state index in [1.54, 1.807) is 18.1 Å². The van der Waals surface area contributed by atoms with Crippen LogP contribution >= 0.6 is 15.9 Å². The number of amides is 1. The molecule has 1 N–H and O–H groups in total. The van der Waals surface area contributed by atoms with Crippen LogP contribution in [0.1, 0.15) is 19.3 Å². The third kappa shape index (κ3) is 2.59. The maximum atomic E-state index is 12.2. The third-order valence-corrected chi connectivity index (χ3v) is 4.64. The largest absolute Gasteiger partial charge is 0.371 e. The zero-order valence-electron chi connectivity index (χ0n) is 11.3. The topological polar surface area (TPSA) is 67.2 Å². The Balaban J connectivity index is 1.78. The second-order valence-electron chi connectivity index (χ2n) is 5.55. The Morgan fingerprint density at radius 1 is 1.40 bits per heavy atom. The average molecular weight is 341 g/mol. The average Bonchev–Trinajstić information content (AvgIpc) is 3.19. The molecular formula is C13H17BrN4O2. The highest BCUT2D eigenvalue weighted by molar-refractivity contribution is 9.10. The van der Waals surface area contributed by atoms with E-state index in [-0.39, 0.29) is 17.5 Å². The van der Waals surface area contributed by atoms with E-state index in [1.165, 1.54) is 17.5 Å². The quantitative estimate of drug-likeness (QED) is 0.889. The summed E-state index contributed by atoms with van der Waals surface area (Å²) in [6, 6.07) is -0.267. The summed E-state index contributed by atoms with van der Waals surface area (Å²) in [5.74, 6) is 0.648. The van der Waals surface area contributed by atoms with Gasteiger partial charge >= 0.3 is 0 Å². The number of rotatable bonds is 4. The van der Waals surface area contributed by atoms with Crippen molar-refractivity contribution in [2.45, 2.75) is 31.8 Å². The van der Waals surface area contributed by atoms with E-state index in [2.05, 4.69) is 26.3 Å². The van der Waals surface area contributed by atoms with Crippen molar-refractivity contribution < 1.29 is 4.79 Å². The number of hydrogen-bond acceptors (Lipinski definition) is 4. The summed E-state index contributed by atoms with van der Waals surface area (Å²) in [6.45, 7) is 1.42. The Labute approximate surface area is 125 Å². The summed E-state index contributed by atoms with van der Waals surface area (Å²) in [5.41, 5.74) is 0.455.